The van der Waals surface area contributed by atoms with E-state index in [1.54, 1.807) is 24.1 Å². The Balaban J connectivity index is 2.56. The number of carbonyl (C=O) groups is 1. The standard InChI is InChI=1S/C11H14ClN3O/c1-3-4-5-8-15(2)11(16)9-6-7-10(12)14-13-9/h3,6-7H,1,4-5,8H2,2H3. The maximum absolute atomic E-state index is 11.8. The number of allylic oxidation sites excluding steroid dienone is 1. The lowest BCUT2D eigenvalue weighted by atomic mass is 10.3. The van der Waals surface area contributed by atoms with Gasteiger partial charge in [0, 0.05) is 13.6 Å². The van der Waals surface area contributed by atoms with Crippen molar-refractivity contribution in [3.63, 3.8) is 0 Å². The van der Waals surface area contributed by atoms with E-state index in [4.69, 9.17) is 11.6 Å². The lowest BCUT2D eigenvalue weighted by Gasteiger charge is -2.15. The second-order valence-corrected chi connectivity index (χ2v) is 3.79. The van der Waals surface area contributed by atoms with Crippen LogP contribution >= 0.6 is 11.6 Å². The van der Waals surface area contributed by atoms with Gasteiger partial charge >= 0.3 is 0 Å². The molecule has 0 aliphatic heterocycles. The van der Waals surface area contributed by atoms with Gasteiger partial charge in [-0.15, -0.1) is 16.8 Å². The Hall–Kier alpha value is -1.42. The maximum Gasteiger partial charge on any atom is 0.274 e. The summed E-state index contributed by atoms with van der Waals surface area (Å²) < 4.78 is 0. The highest BCUT2D eigenvalue weighted by molar-refractivity contribution is 6.29. The molecule has 0 bridgehead atoms. The number of aromatic nitrogens is 2. The van der Waals surface area contributed by atoms with Gasteiger partial charge in [0.1, 0.15) is 0 Å². The van der Waals surface area contributed by atoms with Crippen LogP contribution in [0.1, 0.15) is 23.3 Å². The predicted octanol–water partition coefficient (Wildman–Crippen LogP) is 2.17. The van der Waals surface area contributed by atoms with Crippen molar-refractivity contribution in [3.8, 4) is 0 Å². The third-order valence-electron chi connectivity index (χ3n) is 2.10. The van der Waals surface area contributed by atoms with Crippen LogP contribution < -0.4 is 0 Å². The van der Waals surface area contributed by atoms with Crippen LogP contribution in [0.15, 0.2) is 24.8 Å². The van der Waals surface area contributed by atoms with Crippen LogP contribution in [0.3, 0.4) is 0 Å². The molecule has 0 radical (unpaired) electrons. The summed E-state index contributed by atoms with van der Waals surface area (Å²) >= 11 is 5.59. The highest BCUT2D eigenvalue weighted by Gasteiger charge is 2.12. The number of hydrogen-bond acceptors (Lipinski definition) is 3. The van der Waals surface area contributed by atoms with Gasteiger partial charge in [-0.3, -0.25) is 4.79 Å². The second-order valence-electron chi connectivity index (χ2n) is 3.40. The molecule has 0 unspecified atom stereocenters. The number of halogens is 1. The van der Waals surface area contributed by atoms with E-state index < -0.39 is 0 Å². The number of carbonyl (C=O) groups excluding carboxylic acids is 1. The predicted molar refractivity (Wildman–Crippen MR) is 63.4 cm³/mol. The summed E-state index contributed by atoms with van der Waals surface area (Å²) in [7, 11) is 1.74. The highest BCUT2D eigenvalue weighted by Crippen LogP contribution is 2.05. The van der Waals surface area contributed by atoms with Crippen molar-refractivity contribution in [2.75, 3.05) is 13.6 Å². The van der Waals surface area contributed by atoms with Gasteiger partial charge in [0.15, 0.2) is 10.8 Å². The van der Waals surface area contributed by atoms with E-state index in [1.807, 2.05) is 6.08 Å². The van der Waals surface area contributed by atoms with Crippen LogP contribution in [0.4, 0.5) is 0 Å². The molecular weight excluding hydrogens is 226 g/mol. The van der Waals surface area contributed by atoms with Gasteiger partial charge < -0.3 is 4.90 Å². The van der Waals surface area contributed by atoms with Crippen LogP contribution in [-0.4, -0.2) is 34.6 Å². The van der Waals surface area contributed by atoms with Crippen molar-refractivity contribution in [2.45, 2.75) is 12.8 Å². The molecule has 0 aromatic carbocycles. The van der Waals surface area contributed by atoms with E-state index in [2.05, 4.69) is 16.8 Å². The lowest BCUT2D eigenvalue weighted by Crippen LogP contribution is -2.28. The Kier molecular flexibility index (Phi) is 4.92. The van der Waals surface area contributed by atoms with E-state index >= 15 is 0 Å². The first-order chi connectivity index (χ1) is 7.65. The van der Waals surface area contributed by atoms with E-state index in [0.29, 0.717) is 12.2 Å². The Morgan fingerprint density at radius 3 is 2.88 bits per heavy atom. The average molecular weight is 240 g/mol. The summed E-state index contributed by atoms with van der Waals surface area (Å²) in [4.78, 5) is 13.4. The average Bonchev–Trinajstić information content (AvgIpc) is 2.29. The van der Waals surface area contributed by atoms with Gasteiger partial charge in [-0.05, 0) is 25.0 Å². The van der Waals surface area contributed by atoms with Crippen molar-refractivity contribution in [3.05, 3.63) is 35.6 Å². The van der Waals surface area contributed by atoms with Crippen molar-refractivity contribution in [1.29, 1.82) is 0 Å². The van der Waals surface area contributed by atoms with Crippen LogP contribution in [-0.2, 0) is 0 Å². The maximum atomic E-state index is 11.8. The fraction of sp³-hybridized carbons (Fsp3) is 0.364. The van der Waals surface area contributed by atoms with Crippen LogP contribution in [0, 0.1) is 0 Å². The minimum atomic E-state index is -0.145. The fourth-order valence-corrected chi connectivity index (χ4v) is 1.30. The van der Waals surface area contributed by atoms with Crippen molar-refractivity contribution < 1.29 is 4.79 Å². The SMILES string of the molecule is C=CCCCN(C)C(=O)c1ccc(Cl)nn1. The number of amides is 1. The van der Waals surface area contributed by atoms with E-state index in [1.165, 1.54) is 0 Å². The van der Waals surface area contributed by atoms with E-state index in [9.17, 15) is 4.79 Å². The zero-order valence-corrected chi connectivity index (χ0v) is 9.94. The number of nitrogens with zero attached hydrogens (tertiary/aromatic N) is 3. The molecule has 4 nitrogen and oxygen atoms in total. The van der Waals surface area contributed by atoms with E-state index in [0.717, 1.165) is 12.8 Å². The Morgan fingerprint density at radius 1 is 1.56 bits per heavy atom. The van der Waals surface area contributed by atoms with Crippen LogP contribution in [0.5, 0.6) is 0 Å². The molecule has 16 heavy (non-hydrogen) atoms. The van der Waals surface area contributed by atoms with Gasteiger partial charge in [0.05, 0.1) is 0 Å². The largest absolute Gasteiger partial charge is 0.340 e. The topological polar surface area (TPSA) is 46.1 Å². The van der Waals surface area contributed by atoms with Gasteiger partial charge in [0.2, 0.25) is 0 Å². The van der Waals surface area contributed by atoms with Crippen LogP contribution in [0.2, 0.25) is 5.15 Å². The first kappa shape index (κ1) is 12.6. The summed E-state index contributed by atoms with van der Waals surface area (Å²) in [6, 6.07) is 3.13. The monoisotopic (exact) mass is 239 g/mol. The molecule has 0 saturated heterocycles. The molecule has 0 atom stereocenters. The molecular formula is C11H14ClN3O. The fourth-order valence-electron chi connectivity index (χ4n) is 1.20. The lowest BCUT2D eigenvalue weighted by molar-refractivity contribution is 0.0787. The first-order valence-electron chi connectivity index (χ1n) is 5.00. The molecule has 0 spiro atoms. The Labute approximate surface area is 99.9 Å². The molecule has 1 aromatic rings. The van der Waals surface area contributed by atoms with Gasteiger partial charge in [0.25, 0.3) is 5.91 Å². The zero-order chi connectivity index (χ0) is 12.0. The third-order valence-corrected chi connectivity index (χ3v) is 2.30. The van der Waals surface area contributed by atoms with Gasteiger partial charge in [-0.2, -0.15) is 0 Å². The van der Waals surface area contributed by atoms with Crippen molar-refractivity contribution in [1.82, 2.24) is 15.1 Å². The smallest absolute Gasteiger partial charge is 0.274 e. The minimum absolute atomic E-state index is 0.145. The summed E-state index contributed by atoms with van der Waals surface area (Å²) in [5.74, 6) is -0.145. The normalized spacial score (nSPS) is 9.88. The second kappa shape index (κ2) is 6.23. The molecule has 1 heterocycles. The molecule has 0 aliphatic carbocycles. The van der Waals surface area contributed by atoms with E-state index in [-0.39, 0.29) is 11.1 Å². The molecule has 5 heteroatoms. The summed E-state index contributed by atoms with van der Waals surface area (Å²) in [6.45, 7) is 4.31. The molecule has 0 aliphatic rings. The summed E-state index contributed by atoms with van der Waals surface area (Å²) in [5, 5.41) is 7.65. The summed E-state index contributed by atoms with van der Waals surface area (Å²) in [5.41, 5.74) is 0.311. The quantitative estimate of drug-likeness (QED) is 0.584. The Morgan fingerprint density at radius 2 is 2.31 bits per heavy atom. The number of unbranched alkanes of at least 4 members (excludes halogenated alkanes) is 1. The van der Waals surface area contributed by atoms with Gasteiger partial charge in [-0.1, -0.05) is 17.7 Å². The van der Waals surface area contributed by atoms with Crippen molar-refractivity contribution in [2.24, 2.45) is 0 Å². The molecule has 86 valence electrons. The van der Waals surface area contributed by atoms with Crippen molar-refractivity contribution >= 4 is 17.5 Å². The molecule has 1 aromatic heterocycles. The minimum Gasteiger partial charge on any atom is -0.340 e. The molecule has 1 rings (SSSR count). The third kappa shape index (κ3) is 3.62. The molecule has 0 N–H and O–H groups in total. The zero-order valence-electron chi connectivity index (χ0n) is 9.19. The number of hydrogen-bond donors (Lipinski definition) is 0. The molecule has 1 amide bonds. The molecule has 0 fully saturated rings. The first-order valence-corrected chi connectivity index (χ1v) is 5.38. The van der Waals surface area contributed by atoms with Gasteiger partial charge in [-0.25, -0.2) is 0 Å². The van der Waals surface area contributed by atoms with Crippen LogP contribution in [0.25, 0.3) is 0 Å². The summed E-state index contributed by atoms with van der Waals surface area (Å²) in [6.07, 6.45) is 3.62. The molecule has 0 saturated carbocycles. The number of rotatable bonds is 5. The highest BCUT2D eigenvalue weighted by atomic mass is 35.5. The Bertz CT molecular complexity index is 364.